The minimum absolute atomic E-state index is 0.110. The normalized spacial score (nSPS) is 22.2. The second-order valence-electron chi connectivity index (χ2n) is 7.07. The number of allylic oxidation sites excluding steroid dienone is 2. The minimum atomic E-state index is -3.57. The van der Waals surface area contributed by atoms with E-state index in [1.54, 1.807) is 12.2 Å². The van der Waals surface area contributed by atoms with Crippen molar-refractivity contribution >= 4 is 27.8 Å². The van der Waals surface area contributed by atoms with E-state index in [2.05, 4.69) is 10.9 Å². The van der Waals surface area contributed by atoms with Gasteiger partial charge >= 0.3 is 5.97 Å². The molecule has 156 valence electrons. The van der Waals surface area contributed by atoms with Crippen molar-refractivity contribution in [3.63, 3.8) is 0 Å². The molecule has 0 unspecified atom stereocenters. The van der Waals surface area contributed by atoms with Crippen LogP contribution in [0.3, 0.4) is 0 Å². The van der Waals surface area contributed by atoms with Crippen LogP contribution in [-0.2, 0) is 19.6 Å². The largest absolute Gasteiger partial charge is 0.481 e. The molecule has 29 heavy (non-hydrogen) atoms. The number of nitrogens with zero attached hydrogens (tertiary/aromatic N) is 1. The number of nitrogens with one attached hydrogen (secondary N) is 2. The van der Waals surface area contributed by atoms with E-state index in [0.717, 1.165) is 12.8 Å². The molecule has 3 N–H and O–H groups in total. The third kappa shape index (κ3) is 4.65. The summed E-state index contributed by atoms with van der Waals surface area (Å²) in [6, 6.07) is 5.45. The molecular formula is C19H23N3O6S. The molecule has 0 radical (unpaired) electrons. The van der Waals surface area contributed by atoms with Gasteiger partial charge in [-0.1, -0.05) is 12.2 Å². The first-order chi connectivity index (χ1) is 13.8. The van der Waals surface area contributed by atoms with E-state index in [9.17, 15) is 27.9 Å². The first kappa shape index (κ1) is 21.0. The molecule has 2 atom stereocenters. The van der Waals surface area contributed by atoms with Crippen molar-refractivity contribution in [2.75, 3.05) is 13.1 Å². The highest BCUT2D eigenvalue weighted by molar-refractivity contribution is 7.89. The van der Waals surface area contributed by atoms with Gasteiger partial charge in [-0.05, 0) is 49.9 Å². The van der Waals surface area contributed by atoms with Gasteiger partial charge in [-0.25, -0.2) is 8.42 Å². The Hall–Kier alpha value is -2.72. The summed E-state index contributed by atoms with van der Waals surface area (Å²) in [7, 11) is -3.57. The van der Waals surface area contributed by atoms with Crippen LogP contribution in [0.1, 0.15) is 36.0 Å². The second-order valence-corrected chi connectivity index (χ2v) is 9.01. The van der Waals surface area contributed by atoms with E-state index in [1.807, 2.05) is 0 Å². The van der Waals surface area contributed by atoms with Crippen LogP contribution in [0.25, 0.3) is 0 Å². The fraction of sp³-hybridized carbons (Fsp3) is 0.421. The molecule has 0 spiro atoms. The molecule has 1 fully saturated rings. The lowest BCUT2D eigenvalue weighted by atomic mass is 9.82. The number of hydrogen-bond donors (Lipinski definition) is 3. The number of carboxylic acid groups (broad SMARTS) is 1. The zero-order chi connectivity index (χ0) is 21.0. The highest BCUT2D eigenvalue weighted by Gasteiger charge is 2.34. The van der Waals surface area contributed by atoms with Crippen LogP contribution < -0.4 is 10.9 Å². The fourth-order valence-electron chi connectivity index (χ4n) is 3.52. The number of carbonyl (C=O) groups is 3. The average Bonchev–Trinajstić information content (AvgIpc) is 3.27. The maximum Gasteiger partial charge on any atom is 0.307 e. The van der Waals surface area contributed by atoms with Crippen LogP contribution in [0, 0.1) is 11.8 Å². The Labute approximate surface area is 168 Å². The maximum atomic E-state index is 12.5. The van der Waals surface area contributed by atoms with E-state index in [1.165, 1.54) is 28.6 Å². The summed E-state index contributed by atoms with van der Waals surface area (Å²) in [6.45, 7) is 0.981. The fourth-order valence-corrected chi connectivity index (χ4v) is 5.03. The van der Waals surface area contributed by atoms with Crippen molar-refractivity contribution in [2.24, 2.45) is 11.8 Å². The average molecular weight is 421 g/mol. The summed E-state index contributed by atoms with van der Waals surface area (Å²) < 4.78 is 26.4. The Bertz CT molecular complexity index is 920. The molecule has 3 rings (SSSR count). The van der Waals surface area contributed by atoms with Crippen LogP contribution in [0.5, 0.6) is 0 Å². The number of sulfonamides is 1. The highest BCUT2D eigenvalue weighted by Crippen LogP contribution is 2.26. The van der Waals surface area contributed by atoms with Crippen molar-refractivity contribution < 1.29 is 27.9 Å². The molecule has 2 aliphatic rings. The van der Waals surface area contributed by atoms with Crippen molar-refractivity contribution in [3.05, 3.63) is 42.0 Å². The zero-order valence-electron chi connectivity index (χ0n) is 15.7. The number of hydrazine groups is 1. The lowest BCUT2D eigenvalue weighted by molar-refractivity contribution is -0.147. The van der Waals surface area contributed by atoms with Gasteiger partial charge in [-0.2, -0.15) is 4.31 Å². The molecule has 1 aliphatic carbocycles. The van der Waals surface area contributed by atoms with Gasteiger partial charge in [-0.15, -0.1) is 0 Å². The summed E-state index contributed by atoms with van der Waals surface area (Å²) >= 11 is 0. The molecule has 0 bridgehead atoms. The molecule has 1 aromatic carbocycles. The van der Waals surface area contributed by atoms with Crippen LogP contribution >= 0.6 is 0 Å². The summed E-state index contributed by atoms with van der Waals surface area (Å²) in [4.78, 5) is 35.9. The second kappa shape index (κ2) is 8.75. The smallest absolute Gasteiger partial charge is 0.307 e. The summed E-state index contributed by atoms with van der Waals surface area (Å²) in [5.74, 6) is -3.88. The molecule has 0 aromatic heterocycles. The number of carbonyl (C=O) groups excluding carboxylic acids is 2. The maximum absolute atomic E-state index is 12.5. The molecule has 10 heteroatoms. The van der Waals surface area contributed by atoms with Gasteiger partial charge in [0, 0.05) is 18.7 Å². The van der Waals surface area contributed by atoms with E-state index in [-0.39, 0.29) is 23.3 Å². The number of aliphatic carboxylic acids is 1. The zero-order valence-corrected chi connectivity index (χ0v) is 16.5. The van der Waals surface area contributed by atoms with Crippen molar-refractivity contribution in [2.45, 2.75) is 30.6 Å². The first-order valence-electron chi connectivity index (χ1n) is 9.39. The summed E-state index contributed by atoms with van der Waals surface area (Å²) in [6.07, 6.45) is 5.66. The van der Waals surface area contributed by atoms with E-state index >= 15 is 0 Å². The van der Waals surface area contributed by atoms with E-state index < -0.39 is 39.6 Å². The van der Waals surface area contributed by atoms with Gasteiger partial charge in [0.1, 0.15) is 0 Å². The Kier molecular flexibility index (Phi) is 6.33. The first-order valence-corrected chi connectivity index (χ1v) is 10.8. The highest BCUT2D eigenvalue weighted by atomic mass is 32.2. The lowest BCUT2D eigenvalue weighted by Gasteiger charge is -2.24. The Balaban J connectivity index is 1.60. The van der Waals surface area contributed by atoms with Gasteiger partial charge in [0.15, 0.2) is 0 Å². The predicted octanol–water partition coefficient (Wildman–Crippen LogP) is 0.899. The monoisotopic (exact) mass is 421 g/mol. The third-order valence-electron chi connectivity index (χ3n) is 5.20. The Morgan fingerprint density at radius 3 is 2.10 bits per heavy atom. The van der Waals surface area contributed by atoms with Gasteiger partial charge in [0.25, 0.3) is 5.91 Å². The van der Waals surface area contributed by atoms with Gasteiger partial charge in [-0.3, -0.25) is 25.2 Å². The van der Waals surface area contributed by atoms with Gasteiger partial charge in [0.05, 0.1) is 16.7 Å². The van der Waals surface area contributed by atoms with Crippen LogP contribution in [0.2, 0.25) is 0 Å². The Morgan fingerprint density at radius 2 is 1.52 bits per heavy atom. The van der Waals surface area contributed by atoms with Crippen molar-refractivity contribution in [1.82, 2.24) is 15.2 Å². The number of benzene rings is 1. The molecule has 0 saturated carbocycles. The molecular weight excluding hydrogens is 398 g/mol. The van der Waals surface area contributed by atoms with E-state index in [0.29, 0.717) is 13.1 Å². The number of hydrogen-bond acceptors (Lipinski definition) is 5. The molecule has 1 heterocycles. The van der Waals surface area contributed by atoms with Crippen molar-refractivity contribution in [3.8, 4) is 0 Å². The summed E-state index contributed by atoms with van der Waals surface area (Å²) in [5.41, 5.74) is 4.69. The third-order valence-corrected chi connectivity index (χ3v) is 7.12. The number of carboxylic acids is 1. The topological polar surface area (TPSA) is 133 Å². The number of rotatable bonds is 5. The SMILES string of the molecule is O=C(NNC(=O)[C@H]1CC=CC[C@@H]1C(=O)O)c1ccc(S(=O)(=O)N2CCCC2)cc1. The predicted molar refractivity (Wildman–Crippen MR) is 103 cm³/mol. The standard InChI is InChI=1S/C19H23N3O6S/c23-17(20-21-18(24)15-5-1-2-6-16(15)19(25)26)13-7-9-14(10-8-13)29(27,28)22-11-3-4-12-22/h1-2,7-10,15-16H,3-6,11-12H2,(H,20,23)(H,21,24)(H,25,26)/t15-,16-/m0/s1. The van der Waals surface area contributed by atoms with Gasteiger partial charge in [0.2, 0.25) is 15.9 Å². The molecule has 9 nitrogen and oxygen atoms in total. The quantitative estimate of drug-likeness (QED) is 0.478. The summed E-state index contributed by atoms with van der Waals surface area (Å²) in [5, 5.41) is 9.23. The molecule has 1 saturated heterocycles. The van der Waals surface area contributed by atoms with Crippen LogP contribution in [-0.4, -0.2) is 48.7 Å². The van der Waals surface area contributed by atoms with Crippen LogP contribution in [0.4, 0.5) is 0 Å². The molecule has 2 amide bonds. The Morgan fingerprint density at radius 1 is 0.931 bits per heavy atom. The molecule has 1 aliphatic heterocycles. The lowest BCUT2D eigenvalue weighted by Crippen LogP contribution is -2.47. The van der Waals surface area contributed by atoms with Crippen LogP contribution in [0.15, 0.2) is 41.3 Å². The van der Waals surface area contributed by atoms with E-state index in [4.69, 9.17) is 0 Å². The molecule has 1 aromatic rings. The van der Waals surface area contributed by atoms with Gasteiger partial charge < -0.3 is 5.11 Å². The van der Waals surface area contributed by atoms with Crippen molar-refractivity contribution in [1.29, 1.82) is 0 Å². The minimum Gasteiger partial charge on any atom is -0.481 e. The number of amides is 2.